The molecule has 1 unspecified atom stereocenters. The largest absolute Gasteiger partial charge is 0.497 e. The Balaban J connectivity index is 1.84. The van der Waals surface area contributed by atoms with Crippen molar-refractivity contribution >= 4 is 5.69 Å². The number of anilines is 1. The number of benzene rings is 2. The number of methoxy groups -OCH3 is 1. The zero-order chi connectivity index (χ0) is 14.7. The number of aryl methyl sites for hydroxylation is 2. The molecule has 0 saturated heterocycles. The molecule has 0 saturated carbocycles. The maximum atomic E-state index is 5.34. The Bertz CT molecular complexity index is 621. The molecule has 2 heteroatoms. The van der Waals surface area contributed by atoms with E-state index in [0.717, 1.165) is 18.6 Å². The van der Waals surface area contributed by atoms with Crippen LogP contribution in [-0.4, -0.2) is 7.11 Å². The lowest BCUT2D eigenvalue weighted by Gasteiger charge is -2.27. The second-order valence-electron chi connectivity index (χ2n) is 5.71. The third-order valence-corrected chi connectivity index (χ3v) is 4.34. The lowest BCUT2D eigenvalue weighted by molar-refractivity contribution is 0.413. The first-order valence-corrected chi connectivity index (χ1v) is 7.82. The van der Waals surface area contributed by atoms with Gasteiger partial charge in [0.2, 0.25) is 0 Å². The van der Waals surface area contributed by atoms with Crippen LogP contribution >= 0.6 is 0 Å². The van der Waals surface area contributed by atoms with Gasteiger partial charge in [0.1, 0.15) is 5.75 Å². The van der Waals surface area contributed by atoms with Gasteiger partial charge in [-0.05, 0) is 66.6 Å². The van der Waals surface area contributed by atoms with Gasteiger partial charge < -0.3 is 10.1 Å². The Morgan fingerprint density at radius 2 is 2.10 bits per heavy atom. The van der Waals surface area contributed by atoms with Crippen LogP contribution in [0.15, 0.2) is 42.5 Å². The van der Waals surface area contributed by atoms with Crippen LogP contribution in [-0.2, 0) is 12.8 Å². The Morgan fingerprint density at radius 1 is 1.19 bits per heavy atom. The van der Waals surface area contributed by atoms with Crippen LogP contribution < -0.4 is 10.1 Å². The van der Waals surface area contributed by atoms with E-state index in [2.05, 4.69) is 54.7 Å². The van der Waals surface area contributed by atoms with Crippen molar-refractivity contribution < 1.29 is 4.74 Å². The van der Waals surface area contributed by atoms with Crippen LogP contribution in [0, 0.1) is 0 Å². The molecular formula is C19H23NO. The molecule has 0 spiro atoms. The van der Waals surface area contributed by atoms with Crippen LogP contribution in [0.4, 0.5) is 5.69 Å². The summed E-state index contributed by atoms with van der Waals surface area (Å²) in [5, 5.41) is 3.71. The third kappa shape index (κ3) is 3.05. The molecule has 0 aliphatic heterocycles. The van der Waals surface area contributed by atoms with E-state index in [4.69, 9.17) is 4.74 Å². The second kappa shape index (κ2) is 6.21. The Labute approximate surface area is 127 Å². The van der Waals surface area contributed by atoms with E-state index >= 15 is 0 Å². The van der Waals surface area contributed by atoms with Gasteiger partial charge in [-0.25, -0.2) is 0 Å². The van der Waals surface area contributed by atoms with E-state index in [0.29, 0.717) is 6.04 Å². The normalized spacial score (nSPS) is 17.1. The second-order valence-corrected chi connectivity index (χ2v) is 5.71. The number of nitrogens with one attached hydrogen (secondary N) is 1. The minimum Gasteiger partial charge on any atom is -0.497 e. The van der Waals surface area contributed by atoms with E-state index in [9.17, 15) is 0 Å². The fourth-order valence-electron chi connectivity index (χ4n) is 3.15. The molecule has 21 heavy (non-hydrogen) atoms. The zero-order valence-corrected chi connectivity index (χ0v) is 12.9. The van der Waals surface area contributed by atoms with Gasteiger partial charge >= 0.3 is 0 Å². The highest BCUT2D eigenvalue weighted by molar-refractivity contribution is 5.50. The molecule has 3 rings (SSSR count). The van der Waals surface area contributed by atoms with Crippen molar-refractivity contribution in [3.05, 3.63) is 59.2 Å². The maximum absolute atomic E-state index is 5.34. The summed E-state index contributed by atoms with van der Waals surface area (Å²) in [5.41, 5.74) is 5.45. The van der Waals surface area contributed by atoms with Crippen molar-refractivity contribution in [2.75, 3.05) is 12.4 Å². The van der Waals surface area contributed by atoms with Crippen molar-refractivity contribution in [2.24, 2.45) is 0 Å². The van der Waals surface area contributed by atoms with E-state index < -0.39 is 0 Å². The molecule has 1 aliphatic rings. The van der Waals surface area contributed by atoms with Gasteiger partial charge in [-0.3, -0.25) is 0 Å². The quantitative estimate of drug-likeness (QED) is 0.873. The molecule has 0 amide bonds. The number of hydrogen-bond donors (Lipinski definition) is 1. The minimum atomic E-state index is 0.409. The van der Waals surface area contributed by atoms with Gasteiger partial charge in [0.05, 0.1) is 13.2 Å². The topological polar surface area (TPSA) is 21.3 Å². The minimum absolute atomic E-state index is 0.409. The summed E-state index contributed by atoms with van der Waals surface area (Å²) in [4.78, 5) is 0. The first-order valence-electron chi connectivity index (χ1n) is 7.82. The van der Waals surface area contributed by atoms with E-state index in [1.165, 1.54) is 35.2 Å². The van der Waals surface area contributed by atoms with Crippen molar-refractivity contribution in [3.63, 3.8) is 0 Å². The molecule has 2 aromatic rings. The Kier molecular flexibility index (Phi) is 4.14. The van der Waals surface area contributed by atoms with Gasteiger partial charge in [0.25, 0.3) is 0 Å². The first kappa shape index (κ1) is 14.0. The average Bonchev–Trinajstić information content (AvgIpc) is 2.55. The SMILES string of the molecule is CCc1cccc(NC2CCCc3cc(OC)ccc32)c1. The highest BCUT2D eigenvalue weighted by Gasteiger charge is 2.20. The van der Waals surface area contributed by atoms with Gasteiger partial charge in [0, 0.05) is 5.69 Å². The fourth-order valence-corrected chi connectivity index (χ4v) is 3.15. The van der Waals surface area contributed by atoms with E-state index in [1.807, 2.05) is 0 Å². The number of hydrogen-bond acceptors (Lipinski definition) is 2. The third-order valence-electron chi connectivity index (χ3n) is 4.34. The van der Waals surface area contributed by atoms with E-state index in [-0.39, 0.29) is 0 Å². The van der Waals surface area contributed by atoms with Crippen LogP contribution in [0.2, 0.25) is 0 Å². The first-order chi connectivity index (χ1) is 10.3. The van der Waals surface area contributed by atoms with Crippen LogP contribution in [0.5, 0.6) is 5.75 Å². The predicted molar refractivity (Wildman–Crippen MR) is 88.1 cm³/mol. The molecule has 0 heterocycles. The molecule has 1 atom stereocenters. The lowest BCUT2D eigenvalue weighted by Crippen LogP contribution is -2.17. The Morgan fingerprint density at radius 3 is 2.90 bits per heavy atom. The smallest absolute Gasteiger partial charge is 0.119 e. The molecule has 2 aromatic carbocycles. The van der Waals surface area contributed by atoms with Gasteiger partial charge in [-0.15, -0.1) is 0 Å². The summed E-state index contributed by atoms with van der Waals surface area (Å²) >= 11 is 0. The summed E-state index contributed by atoms with van der Waals surface area (Å²) in [7, 11) is 1.73. The summed E-state index contributed by atoms with van der Waals surface area (Å²) in [6.07, 6.45) is 4.65. The molecule has 110 valence electrons. The number of ether oxygens (including phenoxy) is 1. The number of rotatable bonds is 4. The van der Waals surface area contributed by atoms with Crippen molar-refractivity contribution in [3.8, 4) is 5.75 Å². The highest BCUT2D eigenvalue weighted by Crippen LogP contribution is 2.34. The predicted octanol–water partition coefficient (Wildman–Crippen LogP) is 4.75. The highest BCUT2D eigenvalue weighted by atomic mass is 16.5. The maximum Gasteiger partial charge on any atom is 0.119 e. The molecule has 0 fully saturated rings. The molecule has 1 N–H and O–H groups in total. The summed E-state index contributed by atoms with van der Waals surface area (Å²) < 4.78 is 5.34. The van der Waals surface area contributed by atoms with Crippen molar-refractivity contribution in [1.82, 2.24) is 0 Å². The van der Waals surface area contributed by atoms with Gasteiger partial charge in [-0.1, -0.05) is 25.1 Å². The van der Waals surface area contributed by atoms with Crippen LogP contribution in [0.3, 0.4) is 0 Å². The summed E-state index contributed by atoms with van der Waals surface area (Å²) in [6.45, 7) is 2.20. The molecular weight excluding hydrogens is 258 g/mol. The Hall–Kier alpha value is -1.96. The van der Waals surface area contributed by atoms with E-state index in [1.54, 1.807) is 7.11 Å². The molecule has 2 nitrogen and oxygen atoms in total. The average molecular weight is 281 g/mol. The van der Waals surface area contributed by atoms with Crippen molar-refractivity contribution in [2.45, 2.75) is 38.6 Å². The summed E-state index contributed by atoms with van der Waals surface area (Å²) in [6, 6.07) is 15.6. The molecule has 0 bridgehead atoms. The van der Waals surface area contributed by atoms with Crippen LogP contribution in [0.1, 0.15) is 42.5 Å². The molecule has 0 aromatic heterocycles. The standard InChI is InChI=1S/C19H23NO/c1-3-14-6-4-8-16(12-14)20-19-9-5-7-15-13-17(21-2)10-11-18(15)19/h4,6,8,10-13,19-20H,3,5,7,9H2,1-2H3. The van der Waals surface area contributed by atoms with Gasteiger partial charge in [-0.2, -0.15) is 0 Å². The van der Waals surface area contributed by atoms with Gasteiger partial charge in [0.15, 0.2) is 0 Å². The number of fused-ring (bicyclic) bond motifs is 1. The molecule has 0 radical (unpaired) electrons. The molecule has 1 aliphatic carbocycles. The zero-order valence-electron chi connectivity index (χ0n) is 12.9. The van der Waals surface area contributed by atoms with Crippen LogP contribution in [0.25, 0.3) is 0 Å². The fraction of sp³-hybridized carbons (Fsp3) is 0.368. The summed E-state index contributed by atoms with van der Waals surface area (Å²) in [5.74, 6) is 0.961. The van der Waals surface area contributed by atoms with Crippen molar-refractivity contribution in [1.29, 1.82) is 0 Å². The monoisotopic (exact) mass is 281 g/mol. The lowest BCUT2D eigenvalue weighted by atomic mass is 9.87.